The van der Waals surface area contributed by atoms with E-state index >= 15 is 0 Å². The highest BCUT2D eigenvalue weighted by Crippen LogP contribution is 2.15. The van der Waals surface area contributed by atoms with Crippen LogP contribution in [0.3, 0.4) is 0 Å². The van der Waals surface area contributed by atoms with E-state index in [9.17, 15) is 9.59 Å². The summed E-state index contributed by atoms with van der Waals surface area (Å²) in [6, 6.07) is 8.25. The molecule has 0 spiro atoms. The third-order valence-corrected chi connectivity index (χ3v) is 4.53. The molecule has 1 fully saturated rings. The Morgan fingerprint density at radius 3 is 2.57 bits per heavy atom. The summed E-state index contributed by atoms with van der Waals surface area (Å²) in [6.07, 6.45) is 1.96. The number of likely N-dealkylation sites (tertiary alicyclic amines) is 1. The van der Waals surface area contributed by atoms with E-state index in [2.05, 4.69) is 39.1 Å². The molecule has 1 saturated heterocycles. The van der Waals surface area contributed by atoms with E-state index in [4.69, 9.17) is 4.74 Å². The second-order valence-electron chi connectivity index (χ2n) is 8.37. The first-order valence-electron chi connectivity index (χ1n) is 10.5. The van der Waals surface area contributed by atoms with Crippen molar-refractivity contribution in [1.29, 1.82) is 0 Å². The smallest absolute Gasteiger partial charge is 0.407 e. The highest BCUT2D eigenvalue weighted by atomic mass is 16.6. The summed E-state index contributed by atoms with van der Waals surface area (Å²) in [5, 5.41) is 9.27. The lowest BCUT2D eigenvalue weighted by molar-refractivity contribution is -0.128. The number of hydrogen-bond acceptors (Lipinski definition) is 4. The standard InChI is InChI=1S/C22H35N5O3/c1-22(2,3)30-21(29)25-12-7-11-24-20(23-4)26-15-17-8-5-9-18(14-17)16-27-13-6-10-19(27)28/h5,8-9,14H,6-7,10-13,15-16H2,1-4H3,(H,25,29)(H2,23,24,26). The predicted octanol–water partition coefficient (Wildman–Crippen LogP) is 2.39. The third-order valence-electron chi connectivity index (χ3n) is 4.53. The van der Waals surface area contributed by atoms with Gasteiger partial charge >= 0.3 is 6.09 Å². The number of rotatable bonds is 8. The van der Waals surface area contributed by atoms with Gasteiger partial charge in [-0.2, -0.15) is 0 Å². The summed E-state index contributed by atoms with van der Waals surface area (Å²) in [4.78, 5) is 29.6. The lowest BCUT2D eigenvalue weighted by Gasteiger charge is -2.19. The fraction of sp³-hybridized carbons (Fsp3) is 0.591. The van der Waals surface area contributed by atoms with Crippen LogP contribution in [0.2, 0.25) is 0 Å². The van der Waals surface area contributed by atoms with Crippen LogP contribution in [0.25, 0.3) is 0 Å². The van der Waals surface area contributed by atoms with Gasteiger partial charge in [0.15, 0.2) is 5.96 Å². The highest BCUT2D eigenvalue weighted by Gasteiger charge is 2.20. The lowest BCUT2D eigenvalue weighted by Crippen LogP contribution is -2.39. The van der Waals surface area contributed by atoms with Crippen molar-refractivity contribution in [3.8, 4) is 0 Å². The highest BCUT2D eigenvalue weighted by molar-refractivity contribution is 5.79. The lowest BCUT2D eigenvalue weighted by atomic mass is 10.1. The van der Waals surface area contributed by atoms with E-state index in [1.54, 1.807) is 7.05 Å². The van der Waals surface area contributed by atoms with Crippen molar-refractivity contribution in [2.45, 2.75) is 58.7 Å². The monoisotopic (exact) mass is 417 g/mol. The molecule has 8 heteroatoms. The second kappa shape index (κ2) is 11.4. The molecule has 3 N–H and O–H groups in total. The Balaban J connectivity index is 1.68. The van der Waals surface area contributed by atoms with Gasteiger partial charge in [0.2, 0.25) is 5.91 Å². The van der Waals surface area contributed by atoms with Crippen LogP contribution >= 0.6 is 0 Å². The first-order chi connectivity index (χ1) is 14.3. The fourth-order valence-electron chi connectivity index (χ4n) is 3.14. The van der Waals surface area contributed by atoms with Crippen molar-refractivity contribution in [3.63, 3.8) is 0 Å². The number of nitrogens with zero attached hydrogens (tertiary/aromatic N) is 2. The van der Waals surface area contributed by atoms with E-state index in [0.29, 0.717) is 38.6 Å². The molecule has 2 rings (SSSR count). The molecule has 8 nitrogen and oxygen atoms in total. The van der Waals surface area contributed by atoms with Crippen molar-refractivity contribution in [2.24, 2.45) is 4.99 Å². The zero-order valence-corrected chi connectivity index (χ0v) is 18.6. The van der Waals surface area contributed by atoms with Gasteiger partial charge < -0.3 is 25.6 Å². The first-order valence-corrected chi connectivity index (χ1v) is 10.5. The molecule has 0 saturated carbocycles. The summed E-state index contributed by atoms with van der Waals surface area (Å²) in [5.41, 5.74) is 1.78. The van der Waals surface area contributed by atoms with Crippen LogP contribution in [0.1, 0.15) is 51.2 Å². The molecule has 30 heavy (non-hydrogen) atoms. The Morgan fingerprint density at radius 2 is 1.90 bits per heavy atom. The number of aliphatic imine (C=N–C) groups is 1. The van der Waals surface area contributed by atoms with Crippen molar-refractivity contribution < 1.29 is 14.3 Å². The van der Waals surface area contributed by atoms with Crippen molar-refractivity contribution in [2.75, 3.05) is 26.7 Å². The van der Waals surface area contributed by atoms with Gasteiger partial charge in [-0.3, -0.25) is 9.79 Å². The topological polar surface area (TPSA) is 95.1 Å². The number of carbonyl (C=O) groups is 2. The van der Waals surface area contributed by atoms with Gasteiger partial charge in [0.25, 0.3) is 0 Å². The van der Waals surface area contributed by atoms with Gasteiger partial charge in [0.1, 0.15) is 5.60 Å². The Morgan fingerprint density at radius 1 is 1.17 bits per heavy atom. The second-order valence-corrected chi connectivity index (χ2v) is 8.37. The van der Waals surface area contributed by atoms with Gasteiger partial charge in [-0.1, -0.05) is 24.3 Å². The number of nitrogens with one attached hydrogen (secondary N) is 3. The Bertz CT molecular complexity index is 743. The zero-order chi connectivity index (χ0) is 22.0. The Labute approximate surface area is 179 Å². The number of guanidine groups is 1. The van der Waals surface area contributed by atoms with Gasteiger partial charge in [0.05, 0.1) is 0 Å². The molecule has 1 aromatic rings. The van der Waals surface area contributed by atoms with Crippen LogP contribution in [0.4, 0.5) is 4.79 Å². The van der Waals surface area contributed by atoms with E-state index in [0.717, 1.165) is 30.5 Å². The summed E-state index contributed by atoms with van der Waals surface area (Å²) in [7, 11) is 1.73. The largest absolute Gasteiger partial charge is 0.444 e. The molecule has 0 bridgehead atoms. The predicted molar refractivity (Wildman–Crippen MR) is 118 cm³/mol. The van der Waals surface area contributed by atoms with Gasteiger partial charge in [-0.25, -0.2) is 4.79 Å². The fourth-order valence-corrected chi connectivity index (χ4v) is 3.14. The summed E-state index contributed by atoms with van der Waals surface area (Å²) in [5.74, 6) is 0.941. The van der Waals surface area contributed by atoms with E-state index in [-0.39, 0.29) is 5.91 Å². The van der Waals surface area contributed by atoms with Crippen LogP contribution in [-0.4, -0.2) is 55.1 Å². The molecule has 0 aliphatic carbocycles. The van der Waals surface area contributed by atoms with Gasteiger partial charge in [-0.15, -0.1) is 0 Å². The van der Waals surface area contributed by atoms with Crippen LogP contribution in [0, 0.1) is 0 Å². The van der Waals surface area contributed by atoms with Crippen LogP contribution in [-0.2, 0) is 22.6 Å². The average Bonchev–Trinajstić information content (AvgIpc) is 3.07. The minimum Gasteiger partial charge on any atom is -0.444 e. The SMILES string of the molecule is CN=C(NCCCNC(=O)OC(C)(C)C)NCc1cccc(CN2CCCC2=O)c1. The van der Waals surface area contributed by atoms with E-state index in [1.807, 2.05) is 31.7 Å². The summed E-state index contributed by atoms with van der Waals surface area (Å²) < 4.78 is 5.20. The number of amides is 2. The van der Waals surface area contributed by atoms with Crippen LogP contribution in [0.5, 0.6) is 0 Å². The molecule has 1 heterocycles. The summed E-state index contributed by atoms with van der Waals surface area (Å²) >= 11 is 0. The molecular formula is C22H35N5O3. The number of hydrogen-bond donors (Lipinski definition) is 3. The number of ether oxygens (including phenoxy) is 1. The molecular weight excluding hydrogens is 382 g/mol. The maximum atomic E-state index is 11.8. The van der Waals surface area contributed by atoms with E-state index < -0.39 is 11.7 Å². The van der Waals surface area contributed by atoms with Gasteiger partial charge in [0, 0.05) is 46.2 Å². The molecule has 1 aromatic carbocycles. The maximum Gasteiger partial charge on any atom is 0.407 e. The first kappa shape index (κ1) is 23.5. The number of benzene rings is 1. The van der Waals surface area contributed by atoms with Crippen molar-refractivity contribution in [1.82, 2.24) is 20.9 Å². The Kier molecular flexibility index (Phi) is 8.95. The quantitative estimate of drug-likeness (QED) is 0.343. The molecule has 0 unspecified atom stereocenters. The molecule has 0 radical (unpaired) electrons. The molecule has 1 aliphatic heterocycles. The molecule has 166 valence electrons. The molecule has 0 atom stereocenters. The number of alkyl carbamates (subject to hydrolysis) is 1. The van der Waals surface area contributed by atoms with E-state index in [1.165, 1.54) is 0 Å². The van der Waals surface area contributed by atoms with Crippen LogP contribution < -0.4 is 16.0 Å². The molecule has 0 aromatic heterocycles. The van der Waals surface area contributed by atoms with Crippen molar-refractivity contribution >= 4 is 18.0 Å². The van der Waals surface area contributed by atoms with Crippen LogP contribution in [0.15, 0.2) is 29.3 Å². The van der Waals surface area contributed by atoms with Gasteiger partial charge in [-0.05, 0) is 44.7 Å². The average molecular weight is 418 g/mol. The third kappa shape index (κ3) is 8.71. The maximum absolute atomic E-state index is 11.8. The number of carbonyl (C=O) groups excluding carboxylic acids is 2. The minimum atomic E-state index is -0.490. The molecule has 2 amide bonds. The van der Waals surface area contributed by atoms with Crippen molar-refractivity contribution in [3.05, 3.63) is 35.4 Å². The Hall–Kier alpha value is -2.77. The zero-order valence-electron chi connectivity index (χ0n) is 18.6. The molecule has 1 aliphatic rings. The normalized spacial score (nSPS) is 14.6. The minimum absolute atomic E-state index is 0.240. The summed E-state index contributed by atoms with van der Waals surface area (Å²) in [6.45, 7) is 8.87.